The fourth-order valence-electron chi connectivity index (χ4n) is 1.90. The van der Waals surface area contributed by atoms with E-state index in [2.05, 4.69) is 10.3 Å². The van der Waals surface area contributed by atoms with E-state index in [1.165, 1.54) is 5.56 Å². The Hall–Kier alpha value is -1.59. The lowest BCUT2D eigenvalue weighted by Gasteiger charge is -2.28. The van der Waals surface area contributed by atoms with E-state index in [-0.39, 0.29) is 17.9 Å². The van der Waals surface area contributed by atoms with Crippen LogP contribution in [0.15, 0.2) is 24.3 Å². The normalized spacial score (nSPS) is 14.0. The van der Waals surface area contributed by atoms with Crippen molar-refractivity contribution in [2.45, 2.75) is 26.4 Å². The molecule has 0 heterocycles. The number of methoxy groups -OCH3 is 1. The number of rotatable bonds is 6. The first-order chi connectivity index (χ1) is 8.99. The molecule has 0 saturated carbocycles. The molecule has 0 bridgehead atoms. The molecule has 0 aromatic heterocycles. The van der Waals surface area contributed by atoms with E-state index in [1.54, 1.807) is 7.11 Å². The summed E-state index contributed by atoms with van der Waals surface area (Å²) in [6.45, 7) is 4.66. The summed E-state index contributed by atoms with van der Waals surface area (Å²) >= 11 is 0. The van der Waals surface area contributed by atoms with Gasteiger partial charge in [-0.1, -0.05) is 19.1 Å². The third-order valence-electron chi connectivity index (χ3n) is 3.57. The number of benzene rings is 1. The molecular formula is C14H23N3O2. The predicted octanol–water partition coefficient (Wildman–Crippen LogP) is 1.14. The quantitative estimate of drug-likeness (QED) is 0.460. The molecule has 0 saturated heterocycles. The molecule has 0 aliphatic heterocycles. The zero-order valence-electron chi connectivity index (χ0n) is 12.0. The molecule has 0 spiro atoms. The van der Waals surface area contributed by atoms with Crippen LogP contribution in [0.25, 0.3) is 0 Å². The monoisotopic (exact) mass is 265 g/mol. The summed E-state index contributed by atoms with van der Waals surface area (Å²) in [4.78, 5) is 13.6. The van der Waals surface area contributed by atoms with Gasteiger partial charge in [-0.25, -0.2) is 5.84 Å². The predicted molar refractivity (Wildman–Crippen MR) is 75.4 cm³/mol. The Balaban J connectivity index is 2.62. The molecule has 3 N–H and O–H groups in total. The Morgan fingerprint density at radius 3 is 2.42 bits per heavy atom. The maximum absolute atomic E-state index is 11.5. The Labute approximate surface area is 114 Å². The number of carbonyl (C=O) groups excluding carboxylic acids is 1. The number of hydrogen-bond donors (Lipinski definition) is 2. The van der Waals surface area contributed by atoms with Crippen molar-refractivity contribution in [2.24, 2.45) is 11.8 Å². The number of nitrogens with one attached hydrogen (secondary N) is 1. The number of carbonyl (C=O) groups is 1. The first-order valence-electron chi connectivity index (χ1n) is 6.33. The summed E-state index contributed by atoms with van der Waals surface area (Å²) in [6.07, 6.45) is 0. The van der Waals surface area contributed by atoms with Crippen molar-refractivity contribution in [3.8, 4) is 5.75 Å². The Morgan fingerprint density at radius 1 is 1.37 bits per heavy atom. The molecular weight excluding hydrogens is 242 g/mol. The van der Waals surface area contributed by atoms with Crippen LogP contribution in [-0.2, 0) is 11.3 Å². The topological polar surface area (TPSA) is 67.6 Å². The van der Waals surface area contributed by atoms with Crippen molar-refractivity contribution >= 4 is 5.91 Å². The van der Waals surface area contributed by atoms with E-state index in [4.69, 9.17) is 10.6 Å². The summed E-state index contributed by atoms with van der Waals surface area (Å²) in [6, 6.07) is 8.02. The van der Waals surface area contributed by atoms with E-state index in [0.29, 0.717) is 0 Å². The second kappa shape index (κ2) is 7.11. The van der Waals surface area contributed by atoms with Crippen molar-refractivity contribution < 1.29 is 9.53 Å². The van der Waals surface area contributed by atoms with Gasteiger partial charge >= 0.3 is 0 Å². The lowest BCUT2D eigenvalue weighted by Crippen LogP contribution is -2.44. The van der Waals surface area contributed by atoms with Crippen LogP contribution in [0.5, 0.6) is 5.75 Å². The van der Waals surface area contributed by atoms with Crippen LogP contribution < -0.4 is 16.0 Å². The van der Waals surface area contributed by atoms with Gasteiger partial charge in [0.2, 0.25) is 5.91 Å². The zero-order chi connectivity index (χ0) is 14.4. The summed E-state index contributed by atoms with van der Waals surface area (Å²) in [5, 5.41) is 0. The van der Waals surface area contributed by atoms with Gasteiger partial charge < -0.3 is 4.74 Å². The van der Waals surface area contributed by atoms with Gasteiger partial charge in [-0.15, -0.1) is 0 Å². The lowest BCUT2D eigenvalue weighted by molar-refractivity contribution is -0.126. The highest BCUT2D eigenvalue weighted by Crippen LogP contribution is 2.16. The fraction of sp³-hybridized carbons (Fsp3) is 0.500. The Morgan fingerprint density at radius 2 is 1.95 bits per heavy atom. The third-order valence-corrected chi connectivity index (χ3v) is 3.57. The van der Waals surface area contributed by atoms with Gasteiger partial charge in [0, 0.05) is 12.6 Å². The second-order valence-corrected chi connectivity index (χ2v) is 4.80. The van der Waals surface area contributed by atoms with Crippen LogP contribution in [0.3, 0.4) is 0 Å². The minimum atomic E-state index is -0.159. The molecule has 5 nitrogen and oxygen atoms in total. The van der Waals surface area contributed by atoms with Gasteiger partial charge in [-0.3, -0.25) is 15.1 Å². The highest BCUT2D eigenvalue weighted by atomic mass is 16.5. The highest BCUT2D eigenvalue weighted by molar-refractivity contribution is 5.78. The van der Waals surface area contributed by atoms with Crippen molar-refractivity contribution in [1.82, 2.24) is 10.3 Å². The number of nitrogens with zero attached hydrogens (tertiary/aromatic N) is 1. The third kappa shape index (κ3) is 4.22. The average molecular weight is 265 g/mol. The smallest absolute Gasteiger partial charge is 0.238 e. The van der Waals surface area contributed by atoms with Crippen LogP contribution in [0.4, 0.5) is 0 Å². The van der Waals surface area contributed by atoms with Gasteiger partial charge in [-0.2, -0.15) is 0 Å². The molecule has 2 unspecified atom stereocenters. The molecule has 1 aromatic carbocycles. The van der Waals surface area contributed by atoms with Crippen LogP contribution in [0.1, 0.15) is 19.4 Å². The van der Waals surface area contributed by atoms with Crippen LogP contribution in [0.2, 0.25) is 0 Å². The summed E-state index contributed by atoms with van der Waals surface area (Å²) in [5.74, 6) is 5.70. The van der Waals surface area contributed by atoms with E-state index < -0.39 is 0 Å². The lowest BCUT2D eigenvalue weighted by atomic mass is 10.0. The van der Waals surface area contributed by atoms with Crippen molar-refractivity contribution in [3.63, 3.8) is 0 Å². The van der Waals surface area contributed by atoms with Crippen LogP contribution >= 0.6 is 0 Å². The molecule has 2 atom stereocenters. The summed E-state index contributed by atoms with van der Waals surface area (Å²) in [7, 11) is 3.64. The molecule has 106 valence electrons. The molecule has 1 aromatic rings. The molecule has 0 radical (unpaired) electrons. The van der Waals surface area contributed by atoms with Crippen LogP contribution in [-0.4, -0.2) is 31.0 Å². The van der Waals surface area contributed by atoms with E-state index in [9.17, 15) is 4.79 Å². The average Bonchev–Trinajstić information content (AvgIpc) is 2.45. The summed E-state index contributed by atoms with van der Waals surface area (Å²) < 4.78 is 5.13. The number of hydrazine groups is 1. The number of amides is 1. The molecule has 19 heavy (non-hydrogen) atoms. The number of hydrogen-bond acceptors (Lipinski definition) is 4. The van der Waals surface area contributed by atoms with Gasteiger partial charge in [-0.05, 0) is 31.7 Å². The molecule has 1 amide bonds. The van der Waals surface area contributed by atoms with Gasteiger partial charge in [0.05, 0.1) is 13.0 Å². The molecule has 1 rings (SSSR count). The largest absolute Gasteiger partial charge is 0.497 e. The first-order valence-corrected chi connectivity index (χ1v) is 6.33. The maximum atomic E-state index is 11.5. The molecule has 5 heteroatoms. The van der Waals surface area contributed by atoms with Crippen molar-refractivity contribution in [3.05, 3.63) is 29.8 Å². The van der Waals surface area contributed by atoms with Crippen molar-refractivity contribution in [1.29, 1.82) is 0 Å². The molecule has 0 fully saturated rings. The van der Waals surface area contributed by atoms with E-state index in [0.717, 1.165) is 12.3 Å². The maximum Gasteiger partial charge on any atom is 0.238 e. The SMILES string of the molecule is COc1ccc(CN(C)C(C)C(C)C(=O)NN)cc1. The molecule has 0 aliphatic rings. The highest BCUT2D eigenvalue weighted by Gasteiger charge is 2.22. The second-order valence-electron chi connectivity index (χ2n) is 4.80. The van der Waals surface area contributed by atoms with Gasteiger partial charge in [0.1, 0.15) is 5.75 Å². The minimum Gasteiger partial charge on any atom is -0.497 e. The van der Waals surface area contributed by atoms with Crippen molar-refractivity contribution in [2.75, 3.05) is 14.2 Å². The van der Waals surface area contributed by atoms with E-state index in [1.807, 2.05) is 45.2 Å². The number of nitrogens with two attached hydrogens (primary N) is 1. The molecule has 0 aliphatic carbocycles. The van der Waals surface area contributed by atoms with Crippen LogP contribution in [0, 0.1) is 5.92 Å². The number of ether oxygens (including phenoxy) is 1. The minimum absolute atomic E-state index is 0.102. The summed E-state index contributed by atoms with van der Waals surface area (Å²) in [5.41, 5.74) is 3.37. The van der Waals surface area contributed by atoms with Gasteiger partial charge in [0.15, 0.2) is 0 Å². The Kier molecular flexibility index (Phi) is 5.79. The zero-order valence-corrected chi connectivity index (χ0v) is 12.0. The Bertz CT molecular complexity index is 406. The van der Waals surface area contributed by atoms with E-state index >= 15 is 0 Å². The standard InChI is InChI=1S/C14H23N3O2/c1-10(14(18)16-15)11(2)17(3)9-12-5-7-13(19-4)8-6-12/h5-8,10-11H,9,15H2,1-4H3,(H,16,18). The van der Waals surface area contributed by atoms with Gasteiger partial charge in [0.25, 0.3) is 0 Å². The fourth-order valence-corrected chi connectivity index (χ4v) is 1.90. The first kappa shape index (κ1) is 15.5.